The van der Waals surface area contributed by atoms with Gasteiger partial charge in [0.15, 0.2) is 0 Å². The van der Waals surface area contributed by atoms with Crippen LogP contribution in [0.25, 0.3) is 0 Å². The number of ether oxygens (including phenoxy) is 2. The van der Waals surface area contributed by atoms with Gasteiger partial charge < -0.3 is 9.47 Å². The first kappa shape index (κ1) is 15.2. The molecular formula is C15H30N2O2. The zero-order chi connectivity index (χ0) is 13.7. The third-order valence-corrected chi connectivity index (χ3v) is 5.16. The molecule has 0 aromatic carbocycles. The summed E-state index contributed by atoms with van der Waals surface area (Å²) in [7, 11) is 1.84. The highest BCUT2D eigenvalue weighted by molar-refractivity contribution is 4.96. The molecule has 1 saturated carbocycles. The number of hydrazine groups is 1. The van der Waals surface area contributed by atoms with Crippen molar-refractivity contribution in [3.63, 3.8) is 0 Å². The van der Waals surface area contributed by atoms with Crippen LogP contribution in [0.3, 0.4) is 0 Å². The normalized spacial score (nSPS) is 37.4. The van der Waals surface area contributed by atoms with E-state index in [1.807, 2.05) is 7.11 Å². The molecule has 19 heavy (non-hydrogen) atoms. The first-order valence-corrected chi connectivity index (χ1v) is 7.83. The van der Waals surface area contributed by atoms with Gasteiger partial charge in [0.25, 0.3) is 0 Å². The molecule has 2 unspecified atom stereocenters. The second kappa shape index (κ2) is 7.02. The molecule has 112 valence electrons. The topological polar surface area (TPSA) is 56.5 Å². The van der Waals surface area contributed by atoms with E-state index in [0.717, 1.165) is 38.2 Å². The van der Waals surface area contributed by atoms with Crippen LogP contribution < -0.4 is 11.3 Å². The highest BCUT2D eigenvalue weighted by atomic mass is 16.5. The van der Waals surface area contributed by atoms with E-state index in [2.05, 4.69) is 12.3 Å². The van der Waals surface area contributed by atoms with Crippen molar-refractivity contribution in [3.05, 3.63) is 0 Å². The minimum atomic E-state index is -0.0696. The van der Waals surface area contributed by atoms with Crippen LogP contribution in [0.4, 0.5) is 0 Å². The average Bonchev–Trinajstić information content (AvgIpc) is 2.95. The minimum Gasteiger partial charge on any atom is -0.378 e. The van der Waals surface area contributed by atoms with Crippen molar-refractivity contribution in [2.75, 3.05) is 13.7 Å². The zero-order valence-electron chi connectivity index (χ0n) is 12.5. The molecule has 1 saturated heterocycles. The van der Waals surface area contributed by atoms with Crippen molar-refractivity contribution in [3.8, 4) is 0 Å². The van der Waals surface area contributed by atoms with Gasteiger partial charge in [0.1, 0.15) is 0 Å². The molecular weight excluding hydrogens is 240 g/mol. The maximum absolute atomic E-state index is 5.91. The van der Waals surface area contributed by atoms with Crippen molar-refractivity contribution in [2.45, 2.75) is 76.0 Å². The van der Waals surface area contributed by atoms with E-state index in [0.29, 0.717) is 6.10 Å². The quantitative estimate of drug-likeness (QED) is 0.575. The van der Waals surface area contributed by atoms with E-state index in [4.69, 9.17) is 15.3 Å². The molecule has 1 aliphatic heterocycles. The number of methoxy groups -OCH3 is 1. The molecule has 0 aromatic rings. The number of hydrogen-bond acceptors (Lipinski definition) is 4. The van der Waals surface area contributed by atoms with Crippen LogP contribution >= 0.6 is 0 Å². The fourth-order valence-corrected chi connectivity index (χ4v) is 3.67. The fraction of sp³-hybridized carbons (Fsp3) is 1.00. The van der Waals surface area contributed by atoms with Gasteiger partial charge in [0.2, 0.25) is 0 Å². The van der Waals surface area contributed by atoms with Crippen molar-refractivity contribution in [1.82, 2.24) is 5.43 Å². The lowest BCUT2D eigenvalue weighted by Crippen LogP contribution is -2.56. The molecule has 2 atom stereocenters. The summed E-state index contributed by atoms with van der Waals surface area (Å²) >= 11 is 0. The van der Waals surface area contributed by atoms with Crippen LogP contribution in [0, 0.1) is 5.92 Å². The molecule has 2 aliphatic rings. The molecule has 4 heteroatoms. The Morgan fingerprint density at radius 3 is 2.63 bits per heavy atom. The largest absolute Gasteiger partial charge is 0.378 e. The molecule has 2 rings (SSSR count). The van der Waals surface area contributed by atoms with E-state index >= 15 is 0 Å². The lowest BCUT2D eigenvalue weighted by molar-refractivity contribution is -0.0788. The zero-order valence-corrected chi connectivity index (χ0v) is 12.5. The summed E-state index contributed by atoms with van der Waals surface area (Å²) in [4.78, 5) is 0. The van der Waals surface area contributed by atoms with Crippen LogP contribution in [-0.2, 0) is 9.47 Å². The summed E-state index contributed by atoms with van der Waals surface area (Å²) in [6.07, 6.45) is 9.70. The summed E-state index contributed by atoms with van der Waals surface area (Å²) in [6.45, 7) is 3.26. The van der Waals surface area contributed by atoms with E-state index in [9.17, 15) is 0 Å². The Morgan fingerprint density at radius 2 is 2.11 bits per heavy atom. The van der Waals surface area contributed by atoms with Gasteiger partial charge in [-0.2, -0.15) is 0 Å². The Labute approximate surface area is 117 Å². The fourth-order valence-electron chi connectivity index (χ4n) is 3.67. The Balaban J connectivity index is 1.89. The van der Waals surface area contributed by atoms with E-state index in [1.165, 1.54) is 25.7 Å². The predicted molar refractivity (Wildman–Crippen MR) is 76.7 cm³/mol. The maximum Gasteiger partial charge on any atom is 0.0844 e. The molecule has 1 heterocycles. The van der Waals surface area contributed by atoms with Gasteiger partial charge in [-0.1, -0.05) is 6.92 Å². The lowest BCUT2D eigenvalue weighted by atomic mass is 9.74. The van der Waals surface area contributed by atoms with E-state index in [1.54, 1.807) is 0 Å². The predicted octanol–water partition coefficient (Wildman–Crippen LogP) is 2.37. The SMILES string of the molecule is COC1(C(CCC2CCCO2)NN)CCC(C)CC1. The second-order valence-corrected chi connectivity index (χ2v) is 6.38. The van der Waals surface area contributed by atoms with Crippen LogP contribution in [-0.4, -0.2) is 31.5 Å². The van der Waals surface area contributed by atoms with Gasteiger partial charge in [-0.15, -0.1) is 0 Å². The van der Waals surface area contributed by atoms with Crippen molar-refractivity contribution in [1.29, 1.82) is 0 Å². The Hall–Kier alpha value is -0.160. The summed E-state index contributed by atoms with van der Waals surface area (Å²) in [6, 6.07) is 0.245. The molecule has 3 N–H and O–H groups in total. The van der Waals surface area contributed by atoms with Gasteiger partial charge in [0, 0.05) is 13.7 Å². The summed E-state index contributed by atoms with van der Waals surface area (Å²) in [5.41, 5.74) is 2.95. The third kappa shape index (κ3) is 3.69. The second-order valence-electron chi connectivity index (χ2n) is 6.38. The Bertz CT molecular complexity index is 259. The van der Waals surface area contributed by atoms with Gasteiger partial charge >= 0.3 is 0 Å². The summed E-state index contributed by atoms with van der Waals surface area (Å²) in [5.74, 6) is 6.63. The van der Waals surface area contributed by atoms with Crippen LogP contribution in [0.5, 0.6) is 0 Å². The summed E-state index contributed by atoms with van der Waals surface area (Å²) < 4.78 is 11.6. The molecule has 2 fully saturated rings. The van der Waals surface area contributed by atoms with Crippen molar-refractivity contribution >= 4 is 0 Å². The number of nitrogens with two attached hydrogens (primary N) is 1. The number of hydrogen-bond donors (Lipinski definition) is 2. The number of nitrogens with one attached hydrogen (secondary N) is 1. The highest BCUT2D eigenvalue weighted by Gasteiger charge is 2.41. The standard InChI is InChI=1S/C15H30N2O2/c1-12-7-9-15(18-2,10-8-12)14(17-16)6-5-13-4-3-11-19-13/h12-14,17H,3-11,16H2,1-2H3. The minimum absolute atomic E-state index is 0.0696. The molecule has 0 radical (unpaired) electrons. The van der Waals surface area contributed by atoms with E-state index in [-0.39, 0.29) is 11.6 Å². The molecule has 4 nitrogen and oxygen atoms in total. The first-order valence-electron chi connectivity index (χ1n) is 7.83. The molecule has 1 aliphatic carbocycles. The van der Waals surface area contributed by atoms with Gasteiger partial charge in [0.05, 0.1) is 17.7 Å². The highest BCUT2D eigenvalue weighted by Crippen LogP contribution is 2.38. The molecule has 0 spiro atoms. The molecule has 0 aromatic heterocycles. The monoisotopic (exact) mass is 270 g/mol. The summed E-state index contributed by atoms with van der Waals surface area (Å²) in [5, 5.41) is 0. The average molecular weight is 270 g/mol. The van der Waals surface area contributed by atoms with Crippen molar-refractivity contribution < 1.29 is 9.47 Å². The Kier molecular flexibility index (Phi) is 5.63. The van der Waals surface area contributed by atoms with Crippen molar-refractivity contribution in [2.24, 2.45) is 11.8 Å². The maximum atomic E-state index is 5.91. The van der Waals surface area contributed by atoms with Crippen LogP contribution in [0.1, 0.15) is 58.3 Å². The first-order chi connectivity index (χ1) is 9.20. The van der Waals surface area contributed by atoms with Gasteiger partial charge in [-0.25, -0.2) is 0 Å². The molecule has 0 bridgehead atoms. The van der Waals surface area contributed by atoms with Crippen LogP contribution in [0.15, 0.2) is 0 Å². The van der Waals surface area contributed by atoms with Gasteiger partial charge in [-0.05, 0) is 57.3 Å². The Morgan fingerprint density at radius 1 is 1.37 bits per heavy atom. The van der Waals surface area contributed by atoms with Gasteiger partial charge in [-0.3, -0.25) is 11.3 Å². The molecule has 0 amide bonds. The van der Waals surface area contributed by atoms with Crippen LogP contribution in [0.2, 0.25) is 0 Å². The lowest BCUT2D eigenvalue weighted by Gasteiger charge is -2.44. The number of rotatable bonds is 6. The van der Waals surface area contributed by atoms with E-state index < -0.39 is 0 Å². The third-order valence-electron chi connectivity index (χ3n) is 5.16. The smallest absolute Gasteiger partial charge is 0.0844 e.